The van der Waals surface area contributed by atoms with Crippen LogP contribution in [0.1, 0.15) is 38.5 Å². The van der Waals surface area contributed by atoms with Gasteiger partial charge in [0.25, 0.3) is 0 Å². The summed E-state index contributed by atoms with van der Waals surface area (Å²) < 4.78 is 5.21. The number of hydrogen-bond acceptors (Lipinski definition) is 5. The third-order valence-electron chi connectivity index (χ3n) is 5.57. The van der Waals surface area contributed by atoms with Crippen molar-refractivity contribution < 1.29 is 9.53 Å². The van der Waals surface area contributed by atoms with Gasteiger partial charge >= 0.3 is 0 Å². The Morgan fingerprint density at radius 2 is 1.87 bits per heavy atom. The Balaban J connectivity index is 1.93. The van der Waals surface area contributed by atoms with E-state index in [-0.39, 0.29) is 17.6 Å². The number of rotatable bonds is 7. The molecule has 23 heavy (non-hydrogen) atoms. The molecule has 2 heterocycles. The molecule has 2 fully saturated rings. The second-order valence-corrected chi connectivity index (χ2v) is 7.15. The van der Waals surface area contributed by atoms with Crippen LogP contribution in [0.15, 0.2) is 0 Å². The number of amides is 1. The topological polar surface area (TPSA) is 70.8 Å². The zero-order chi connectivity index (χ0) is 16.7. The molecule has 3 N–H and O–H groups in total. The summed E-state index contributed by atoms with van der Waals surface area (Å²) in [5.74, 6) is 0.0533. The van der Waals surface area contributed by atoms with Gasteiger partial charge in [-0.1, -0.05) is 6.42 Å². The quantitative estimate of drug-likeness (QED) is 0.709. The number of methoxy groups -OCH3 is 1. The smallest absolute Gasteiger partial charge is 0.222 e. The first-order valence-electron chi connectivity index (χ1n) is 9.03. The van der Waals surface area contributed by atoms with Crippen molar-refractivity contribution in [2.45, 2.75) is 50.2 Å². The Morgan fingerprint density at radius 1 is 1.22 bits per heavy atom. The van der Waals surface area contributed by atoms with E-state index in [9.17, 15) is 4.79 Å². The Labute approximate surface area is 140 Å². The number of nitrogens with two attached hydrogens (primary N) is 1. The highest BCUT2D eigenvalue weighted by atomic mass is 16.5. The van der Waals surface area contributed by atoms with Crippen LogP contribution in [0.5, 0.6) is 0 Å². The summed E-state index contributed by atoms with van der Waals surface area (Å²) in [5, 5.41) is 3.17. The molecule has 0 aliphatic carbocycles. The van der Waals surface area contributed by atoms with E-state index in [1.165, 1.54) is 32.4 Å². The number of piperidine rings is 2. The van der Waals surface area contributed by atoms with Gasteiger partial charge in [-0.25, -0.2) is 0 Å². The van der Waals surface area contributed by atoms with Gasteiger partial charge in [-0.2, -0.15) is 0 Å². The van der Waals surface area contributed by atoms with E-state index in [1.54, 1.807) is 7.11 Å². The average molecular weight is 326 g/mol. The molecule has 6 heteroatoms. The predicted molar refractivity (Wildman–Crippen MR) is 92.4 cm³/mol. The number of nitrogens with one attached hydrogen (secondary N) is 1. The minimum absolute atomic E-state index is 0.0533. The summed E-state index contributed by atoms with van der Waals surface area (Å²) in [6, 6.07) is 0. The number of nitrogens with zero attached hydrogens (tertiary/aromatic N) is 2. The molecule has 6 nitrogen and oxygen atoms in total. The minimum atomic E-state index is -0.182. The number of carbonyl (C=O) groups is 1. The molecule has 1 atom stereocenters. The van der Waals surface area contributed by atoms with Gasteiger partial charge in [0.15, 0.2) is 0 Å². The molecule has 2 aliphatic heterocycles. The minimum Gasteiger partial charge on any atom is -0.380 e. The zero-order valence-electron chi connectivity index (χ0n) is 14.9. The molecule has 1 unspecified atom stereocenters. The average Bonchev–Trinajstić information content (AvgIpc) is 2.60. The van der Waals surface area contributed by atoms with E-state index >= 15 is 0 Å². The standard InChI is InChI=1S/C17H34N4O2/c1-20-10-6-17(7-11-20,21-8-4-3-5-9-21)14-19-16(22)12-15(13-18)23-2/h15H,3-14,18H2,1-2H3,(H,19,22). The van der Waals surface area contributed by atoms with E-state index in [4.69, 9.17) is 10.5 Å². The lowest BCUT2D eigenvalue weighted by molar-refractivity contribution is -0.124. The molecule has 2 saturated heterocycles. The van der Waals surface area contributed by atoms with Crippen LogP contribution in [-0.4, -0.2) is 80.8 Å². The zero-order valence-corrected chi connectivity index (χ0v) is 14.9. The van der Waals surface area contributed by atoms with Gasteiger partial charge in [-0.05, 0) is 58.9 Å². The van der Waals surface area contributed by atoms with E-state index in [0.717, 1.165) is 32.5 Å². The fourth-order valence-electron chi connectivity index (χ4n) is 3.81. The van der Waals surface area contributed by atoms with Gasteiger partial charge in [0.1, 0.15) is 0 Å². The third-order valence-corrected chi connectivity index (χ3v) is 5.57. The fourth-order valence-corrected chi connectivity index (χ4v) is 3.81. The second-order valence-electron chi connectivity index (χ2n) is 7.15. The summed E-state index contributed by atoms with van der Waals surface area (Å²) >= 11 is 0. The van der Waals surface area contributed by atoms with Crippen molar-refractivity contribution in [3.8, 4) is 0 Å². The Kier molecular flexibility index (Phi) is 7.27. The molecule has 0 aromatic heterocycles. The summed E-state index contributed by atoms with van der Waals surface area (Å²) in [6.45, 7) is 5.69. The fraction of sp³-hybridized carbons (Fsp3) is 0.941. The molecule has 0 saturated carbocycles. The van der Waals surface area contributed by atoms with E-state index in [2.05, 4.69) is 22.2 Å². The van der Waals surface area contributed by atoms with Gasteiger partial charge in [-0.3, -0.25) is 9.69 Å². The highest BCUT2D eigenvalue weighted by molar-refractivity contribution is 5.76. The molecule has 1 amide bonds. The molecule has 134 valence electrons. The number of ether oxygens (including phenoxy) is 1. The van der Waals surface area contributed by atoms with Gasteiger partial charge in [0, 0.05) is 25.7 Å². The predicted octanol–water partition coefficient (Wildman–Crippen LogP) is 0.417. The summed E-state index contributed by atoms with van der Waals surface area (Å²) in [5.41, 5.74) is 5.74. The van der Waals surface area contributed by atoms with Crippen molar-refractivity contribution in [2.24, 2.45) is 5.73 Å². The van der Waals surface area contributed by atoms with Crippen LogP contribution in [0.3, 0.4) is 0 Å². The maximum Gasteiger partial charge on any atom is 0.222 e. The molecule has 2 aliphatic rings. The molecule has 0 bridgehead atoms. The maximum atomic E-state index is 12.2. The third kappa shape index (κ3) is 5.14. The van der Waals surface area contributed by atoms with Crippen LogP contribution in [0, 0.1) is 0 Å². The Hall–Kier alpha value is -0.690. The number of hydrogen-bond donors (Lipinski definition) is 2. The lowest BCUT2D eigenvalue weighted by atomic mass is 9.84. The van der Waals surface area contributed by atoms with E-state index in [0.29, 0.717) is 13.0 Å². The van der Waals surface area contributed by atoms with Crippen LogP contribution in [-0.2, 0) is 9.53 Å². The summed E-state index contributed by atoms with van der Waals surface area (Å²) in [6.07, 6.45) is 6.34. The highest BCUT2D eigenvalue weighted by Gasteiger charge is 2.39. The SMILES string of the molecule is COC(CN)CC(=O)NCC1(N2CCCCC2)CCN(C)CC1. The lowest BCUT2D eigenvalue weighted by Crippen LogP contribution is -2.61. The molecular weight excluding hydrogens is 292 g/mol. The van der Waals surface area contributed by atoms with Crippen molar-refractivity contribution in [1.82, 2.24) is 15.1 Å². The van der Waals surface area contributed by atoms with Gasteiger partial charge in [0.2, 0.25) is 5.91 Å². The van der Waals surface area contributed by atoms with Crippen LogP contribution >= 0.6 is 0 Å². The van der Waals surface area contributed by atoms with Crippen molar-refractivity contribution in [1.29, 1.82) is 0 Å². The molecule has 2 rings (SSSR count). The van der Waals surface area contributed by atoms with Crippen LogP contribution in [0.4, 0.5) is 0 Å². The molecular formula is C17H34N4O2. The number of carbonyl (C=O) groups excluding carboxylic acids is 1. The van der Waals surface area contributed by atoms with Crippen LogP contribution < -0.4 is 11.1 Å². The second kappa shape index (κ2) is 8.97. The van der Waals surface area contributed by atoms with Crippen LogP contribution in [0.25, 0.3) is 0 Å². The maximum absolute atomic E-state index is 12.2. The Morgan fingerprint density at radius 3 is 2.43 bits per heavy atom. The van der Waals surface area contributed by atoms with Crippen molar-refractivity contribution >= 4 is 5.91 Å². The monoisotopic (exact) mass is 326 g/mol. The first-order chi connectivity index (χ1) is 11.1. The van der Waals surface area contributed by atoms with Gasteiger partial charge < -0.3 is 20.7 Å². The first kappa shape index (κ1) is 18.6. The molecule has 0 aromatic carbocycles. The molecule has 0 aromatic rings. The normalized spacial score (nSPS) is 24.3. The first-order valence-corrected chi connectivity index (χ1v) is 9.03. The lowest BCUT2D eigenvalue weighted by Gasteiger charge is -2.50. The Bertz CT molecular complexity index is 360. The molecule has 0 radical (unpaired) electrons. The molecule has 0 spiro atoms. The van der Waals surface area contributed by atoms with Crippen LogP contribution in [0.2, 0.25) is 0 Å². The van der Waals surface area contributed by atoms with Gasteiger partial charge in [-0.15, -0.1) is 0 Å². The van der Waals surface area contributed by atoms with Crippen molar-refractivity contribution in [3.63, 3.8) is 0 Å². The summed E-state index contributed by atoms with van der Waals surface area (Å²) in [7, 11) is 3.79. The van der Waals surface area contributed by atoms with Crippen molar-refractivity contribution in [2.75, 3.05) is 53.4 Å². The van der Waals surface area contributed by atoms with Gasteiger partial charge in [0.05, 0.1) is 12.5 Å². The highest BCUT2D eigenvalue weighted by Crippen LogP contribution is 2.30. The van der Waals surface area contributed by atoms with E-state index < -0.39 is 0 Å². The number of likely N-dealkylation sites (tertiary alicyclic amines) is 2. The van der Waals surface area contributed by atoms with E-state index in [1.807, 2.05) is 0 Å². The largest absolute Gasteiger partial charge is 0.380 e. The van der Waals surface area contributed by atoms with Crippen molar-refractivity contribution in [3.05, 3.63) is 0 Å². The summed E-state index contributed by atoms with van der Waals surface area (Å²) in [4.78, 5) is 17.3.